The van der Waals surface area contributed by atoms with Gasteiger partial charge in [-0.15, -0.1) is 21.5 Å². The third-order valence-electron chi connectivity index (χ3n) is 2.37. The smallest absolute Gasteiger partial charge is 0.124 e. The molecule has 1 aromatic carbocycles. The lowest BCUT2D eigenvalue weighted by atomic mass is 10.1. The predicted octanol–water partition coefficient (Wildman–Crippen LogP) is 3.00. The fourth-order valence-electron chi connectivity index (χ4n) is 1.56. The minimum atomic E-state index is 1.13. The summed E-state index contributed by atoms with van der Waals surface area (Å²) in [6.45, 7) is 0. The number of rotatable bonds is 2. The summed E-state index contributed by atoms with van der Waals surface area (Å²) in [5.74, 6) is 0. The summed E-state index contributed by atoms with van der Waals surface area (Å²) in [4.78, 5) is 0. The standard InChI is InChI=1S/C12H9N3S/c1-2-4-10(5-3-1)11-6-12(16-7-11)15-8-13-14-9-15/h1-9H. The largest absolute Gasteiger partial charge is 0.279 e. The second-order valence-corrected chi connectivity index (χ2v) is 4.30. The molecule has 2 aromatic heterocycles. The van der Waals surface area contributed by atoms with Crippen molar-refractivity contribution in [1.82, 2.24) is 14.8 Å². The summed E-state index contributed by atoms with van der Waals surface area (Å²) < 4.78 is 1.91. The predicted molar refractivity (Wildman–Crippen MR) is 64.7 cm³/mol. The van der Waals surface area contributed by atoms with E-state index in [0.29, 0.717) is 0 Å². The highest BCUT2D eigenvalue weighted by Crippen LogP contribution is 2.27. The van der Waals surface area contributed by atoms with Gasteiger partial charge in [0.05, 0.1) is 0 Å². The average molecular weight is 227 g/mol. The van der Waals surface area contributed by atoms with E-state index in [1.54, 1.807) is 24.0 Å². The highest BCUT2D eigenvalue weighted by molar-refractivity contribution is 7.13. The summed E-state index contributed by atoms with van der Waals surface area (Å²) >= 11 is 1.69. The highest BCUT2D eigenvalue weighted by atomic mass is 32.1. The van der Waals surface area contributed by atoms with Crippen molar-refractivity contribution < 1.29 is 0 Å². The second-order valence-electron chi connectivity index (χ2n) is 3.41. The van der Waals surface area contributed by atoms with Crippen LogP contribution in [0, 0.1) is 0 Å². The van der Waals surface area contributed by atoms with Crippen LogP contribution in [0.5, 0.6) is 0 Å². The third kappa shape index (κ3) is 1.63. The molecular weight excluding hydrogens is 218 g/mol. The van der Waals surface area contributed by atoms with Gasteiger partial charge in [-0.25, -0.2) is 0 Å². The van der Waals surface area contributed by atoms with E-state index >= 15 is 0 Å². The molecule has 0 bridgehead atoms. The van der Waals surface area contributed by atoms with E-state index in [0.717, 1.165) is 5.00 Å². The monoisotopic (exact) mass is 227 g/mol. The summed E-state index contributed by atoms with van der Waals surface area (Å²) in [5, 5.41) is 10.9. The first kappa shape index (κ1) is 9.30. The molecule has 0 aliphatic rings. The van der Waals surface area contributed by atoms with Crippen LogP contribution in [0.15, 0.2) is 54.4 Å². The van der Waals surface area contributed by atoms with Crippen molar-refractivity contribution in [2.24, 2.45) is 0 Å². The first-order chi connectivity index (χ1) is 7.93. The van der Waals surface area contributed by atoms with E-state index < -0.39 is 0 Å². The van der Waals surface area contributed by atoms with Gasteiger partial charge in [0.2, 0.25) is 0 Å². The van der Waals surface area contributed by atoms with E-state index in [1.807, 2.05) is 22.8 Å². The second kappa shape index (κ2) is 3.90. The molecule has 0 saturated heterocycles. The van der Waals surface area contributed by atoms with Crippen LogP contribution in [-0.2, 0) is 0 Å². The summed E-state index contributed by atoms with van der Waals surface area (Å²) in [5.41, 5.74) is 2.47. The van der Waals surface area contributed by atoms with Crippen molar-refractivity contribution in [3.63, 3.8) is 0 Å². The molecule has 0 atom stereocenters. The summed E-state index contributed by atoms with van der Waals surface area (Å²) in [6.07, 6.45) is 3.42. The van der Waals surface area contributed by atoms with Crippen LogP contribution in [0.2, 0.25) is 0 Å². The van der Waals surface area contributed by atoms with Crippen LogP contribution in [0.3, 0.4) is 0 Å². The Hall–Kier alpha value is -1.94. The zero-order chi connectivity index (χ0) is 10.8. The number of hydrogen-bond acceptors (Lipinski definition) is 3. The van der Waals surface area contributed by atoms with E-state index in [4.69, 9.17) is 0 Å². The number of thiophene rings is 1. The van der Waals surface area contributed by atoms with Crippen LogP contribution >= 0.6 is 11.3 Å². The van der Waals surface area contributed by atoms with Gasteiger partial charge in [-0.1, -0.05) is 30.3 Å². The van der Waals surface area contributed by atoms with Crippen molar-refractivity contribution in [2.75, 3.05) is 0 Å². The van der Waals surface area contributed by atoms with Crippen molar-refractivity contribution in [1.29, 1.82) is 0 Å². The Morgan fingerprint density at radius 3 is 2.44 bits per heavy atom. The lowest BCUT2D eigenvalue weighted by Gasteiger charge is -1.95. The maximum absolute atomic E-state index is 3.80. The van der Waals surface area contributed by atoms with E-state index in [-0.39, 0.29) is 0 Å². The SMILES string of the molecule is c1ccc(-c2csc(-n3cnnc3)c2)cc1. The van der Waals surface area contributed by atoms with Gasteiger partial charge in [-0.05, 0) is 17.2 Å². The molecule has 0 fully saturated rings. The minimum absolute atomic E-state index is 1.13. The topological polar surface area (TPSA) is 30.7 Å². The molecule has 0 saturated carbocycles. The minimum Gasteiger partial charge on any atom is -0.279 e. The lowest BCUT2D eigenvalue weighted by Crippen LogP contribution is -1.83. The fraction of sp³-hybridized carbons (Fsp3) is 0. The molecule has 78 valence electrons. The number of hydrogen-bond donors (Lipinski definition) is 0. The van der Waals surface area contributed by atoms with Gasteiger partial charge in [0.1, 0.15) is 17.7 Å². The average Bonchev–Trinajstić information content (AvgIpc) is 3.01. The maximum atomic E-state index is 3.80. The Bertz CT molecular complexity index is 569. The van der Waals surface area contributed by atoms with Crippen LogP contribution in [-0.4, -0.2) is 14.8 Å². The van der Waals surface area contributed by atoms with E-state index in [9.17, 15) is 0 Å². The van der Waals surface area contributed by atoms with Crippen molar-refractivity contribution >= 4 is 11.3 Å². The zero-order valence-corrected chi connectivity index (χ0v) is 9.26. The third-order valence-corrected chi connectivity index (χ3v) is 3.31. The zero-order valence-electron chi connectivity index (χ0n) is 8.45. The van der Waals surface area contributed by atoms with Gasteiger partial charge in [-0.3, -0.25) is 4.57 Å². The molecule has 3 nitrogen and oxygen atoms in total. The Morgan fingerprint density at radius 2 is 1.69 bits per heavy atom. The van der Waals surface area contributed by atoms with Crippen LogP contribution in [0.4, 0.5) is 0 Å². The summed E-state index contributed by atoms with van der Waals surface area (Å²) in [7, 11) is 0. The van der Waals surface area contributed by atoms with Crippen LogP contribution in [0.25, 0.3) is 16.1 Å². The molecule has 0 amide bonds. The number of aromatic nitrogens is 3. The maximum Gasteiger partial charge on any atom is 0.124 e. The molecule has 16 heavy (non-hydrogen) atoms. The molecule has 0 aliphatic carbocycles. The Balaban J connectivity index is 2.00. The van der Waals surface area contributed by atoms with Gasteiger partial charge in [0.15, 0.2) is 0 Å². The molecule has 3 rings (SSSR count). The Morgan fingerprint density at radius 1 is 0.938 bits per heavy atom. The van der Waals surface area contributed by atoms with Crippen molar-refractivity contribution in [3.05, 3.63) is 54.4 Å². The van der Waals surface area contributed by atoms with Crippen LogP contribution < -0.4 is 0 Å². The van der Waals surface area contributed by atoms with Gasteiger partial charge < -0.3 is 0 Å². The highest BCUT2D eigenvalue weighted by Gasteiger charge is 2.03. The normalized spacial score (nSPS) is 10.5. The number of benzene rings is 1. The molecule has 4 heteroatoms. The molecule has 2 heterocycles. The molecule has 3 aromatic rings. The molecule has 0 radical (unpaired) electrons. The van der Waals surface area contributed by atoms with E-state index in [2.05, 4.69) is 33.8 Å². The quantitative estimate of drug-likeness (QED) is 0.673. The lowest BCUT2D eigenvalue weighted by molar-refractivity contribution is 1.09. The van der Waals surface area contributed by atoms with Crippen molar-refractivity contribution in [2.45, 2.75) is 0 Å². The van der Waals surface area contributed by atoms with Gasteiger partial charge in [0, 0.05) is 5.38 Å². The van der Waals surface area contributed by atoms with Gasteiger partial charge in [-0.2, -0.15) is 0 Å². The molecule has 0 unspecified atom stereocenters. The molecule has 0 spiro atoms. The number of nitrogens with zero attached hydrogens (tertiary/aromatic N) is 3. The van der Waals surface area contributed by atoms with Crippen LogP contribution in [0.1, 0.15) is 0 Å². The fourth-order valence-corrected chi connectivity index (χ4v) is 2.42. The van der Waals surface area contributed by atoms with Crippen molar-refractivity contribution in [3.8, 4) is 16.1 Å². The summed E-state index contributed by atoms with van der Waals surface area (Å²) in [6, 6.07) is 12.5. The van der Waals surface area contributed by atoms with Gasteiger partial charge >= 0.3 is 0 Å². The Kier molecular flexibility index (Phi) is 2.27. The Labute approximate surface area is 97.0 Å². The first-order valence-electron chi connectivity index (χ1n) is 4.92. The first-order valence-corrected chi connectivity index (χ1v) is 5.80. The van der Waals surface area contributed by atoms with Gasteiger partial charge in [0.25, 0.3) is 0 Å². The molecule has 0 N–H and O–H groups in total. The molecular formula is C12H9N3S. The molecule has 0 aliphatic heterocycles. The van der Waals surface area contributed by atoms with E-state index in [1.165, 1.54) is 11.1 Å².